The van der Waals surface area contributed by atoms with Crippen LogP contribution in [-0.2, 0) is 13.7 Å². The molecular weight excluding hydrogens is 468 g/mol. The zero-order valence-electron chi connectivity index (χ0n) is 19.0. The first-order chi connectivity index (χ1) is 16.9. The molecule has 4 rings (SSSR count). The van der Waals surface area contributed by atoms with Crippen LogP contribution < -0.4 is 10.1 Å². The fourth-order valence-corrected chi connectivity index (χ4v) is 4.07. The van der Waals surface area contributed by atoms with Crippen molar-refractivity contribution in [2.45, 2.75) is 29.6 Å². The van der Waals surface area contributed by atoms with E-state index >= 15 is 0 Å². The lowest BCUT2D eigenvalue weighted by atomic mass is 10.1. The zero-order valence-corrected chi connectivity index (χ0v) is 19.8. The van der Waals surface area contributed by atoms with Crippen molar-refractivity contribution in [3.05, 3.63) is 100 Å². The Bertz CT molecular complexity index is 1330. The summed E-state index contributed by atoms with van der Waals surface area (Å²) in [4.78, 5) is 28.4. The van der Waals surface area contributed by atoms with Crippen LogP contribution in [0.5, 0.6) is 5.75 Å². The van der Waals surface area contributed by atoms with Gasteiger partial charge in [0.25, 0.3) is 11.6 Å². The highest BCUT2D eigenvalue weighted by Crippen LogP contribution is 2.34. The summed E-state index contributed by atoms with van der Waals surface area (Å²) in [5, 5.41) is 22.7. The third-order valence-electron chi connectivity index (χ3n) is 5.14. The first-order valence-electron chi connectivity index (χ1n) is 10.6. The number of nitro groups is 1. The van der Waals surface area contributed by atoms with Gasteiger partial charge in [0.05, 0.1) is 15.9 Å². The predicted molar refractivity (Wildman–Crippen MR) is 129 cm³/mol. The first kappa shape index (κ1) is 23.9. The van der Waals surface area contributed by atoms with Gasteiger partial charge in [-0.1, -0.05) is 18.2 Å². The van der Waals surface area contributed by atoms with E-state index in [0.29, 0.717) is 22.4 Å². The Labute approximate surface area is 205 Å². The van der Waals surface area contributed by atoms with Crippen LogP contribution in [0.3, 0.4) is 0 Å². The molecule has 4 aromatic rings. The van der Waals surface area contributed by atoms with E-state index in [1.165, 1.54) is 12.4 Å². The maximum atomic E-state index is 12.8. The van der Waals surface area contributed by atoms with Gasteiger partial charge < -0.3 is 14.6 Å². The number of benzene rings is 2. The van der Waals surface area contributed by atoms with Gasteiger partial charge in [-0.15, -0.1) is 10.2 Å². The number of aryl methyl sites for hydroxylation is 1. The minimum atomic E-state index is -0.511. The van der Waals surface area contributed by atoms with Crippen molar-refractivity contribution in [3.8, 4) is 5.75 Å². The molecular formula is C24H22N6O4S. The fraction of sp³-hybridized carbons (Fsp3) is 0.167. The van der Waals surface area contributed by atoms with Crippen LogP contribution in [0.15, 0.2) is 83.4 Å². The Hall–Kier alpha value is -4.25. The summed E-state index contributed by atoms with van der Waals surface area (Å²) in [6.45, 7) is 2.25. The Morgan fingerprint density at radius 1 is 1.23 bits per heavy atom. The number of pyridine rings is 1. The van der Waals surface area contributed by atoms with Gasteiger partial charge in [-0.25, -0.2) is 0 Å². The van der Waals surface area contributed by atoms with Crippen molar-refractivity contribution in [1.82, 2.24) is 25.1 Å². The summed E-state index contributed by atoms with van der Waals surface area (Å²) in [6, 6.07) is 15.2. The molecule has 0 saturated heterocycles. The van der Waals surface area contributed by atoms with Gasteiger partial charge in [-0.05, 0) is 54.6 Å². The number of nitrogens with one attached hydrogen (secondary N) is 1. The lowest BCUT2D eigenvalue weighted by Crippen LogP contribution is -2.26. The number of carbonyl (C=O) groups excluding carboxylic acids is 1. The highest BCUT2D eigenvalue weighted by molar-refractivity contribution is 7.99. The van der Waals surface area contributed by atoms with Gasteiger partial charge in [0.2, 0.25) is 0 Å². The van der Waals surface area contributed by atoms with Gasteiger partial charge in [-0.2, -0.15) is 0 Å². The molecule has 1 N–H and O–H groups in total. The summed E-state index contributed by atoms with van der Waals surface area (Å²) in [5.41, 5.74) is 1.86. The third kappa shape index (κ3) is 6.01. The number of nitrogens with zero attached hydrogens (tertiary/aromatic N) is 5. The second kappa shape index (κ2) is 10.8. The second-order valence-corrected chi connectivity index (χ2v) is 8.69. The predicted octanol–water partition coefficient (Wildman–Crippen LogP) is 4.34. The third-order valence-corrected chi connectivity index (χ3v) is 6.26. The second-order valence-electron chi connectivity index (χ2n) is 7.68. The largest absolute Gasteiger partial charge is 0.489 e. The lowest BCUT2D eigenvalue weighted by Gasteiger charge is -2.15. The molecule has 11 heteroatoms. The molecule has 2 aromatic carbocycles. The first-order valence-corrected chi connectivity index (χ1v) is 11.4. The molecule has 0 bridgehead atoms. The van der Waals surface area contributed by atoms with Gasteiger partial charge in [-0.3, -0.25) is 19.9 Å². The van der Waals surface area contributed by atoms with Crippen molar-refractivity contribution in [1.29, 1.82) is 0 Å². The number of rotatable bonds is 9. The Balaban J connectivity index is 1.40. The molecule has 0 aliphatic rings. The molecule has 0 spiro atoms. The van der Waals surface area contributed by atoms with Crippen molar-refractivity contribution in [2.75, 3.05) is 0 Å². The highest BCUT2D eigenvalue weighted by atomic mass is 32.2. The summed E-state index contributed by atoms with van der Waals surface area (Å²) in [7, 11) is 1.75. The minimum Gasteiger partial charge on any atom is -0.489 e. The maximum Gasteiger partial charge on any atom is 0.284 e. The summed E-state index contributed by atoms with van der Waals surface area (Å²) in [6.07, 6.45) is 4.97. The average Bonchev–Trinajstić information content (AvgIpc) is 3.27. The maximum absolute atomic E-state index is 12.8. The molecule has 178 valence electrons. The molecule has 0 saturated carbocycles. The summed E-state index contributed by atoms with van der Waals surface area (Å²) < 4.78 is 7.42. The SMILES string of the molecule is CC(NC(=O)c1ccc(Sc2nncn2C)c([N+](=O)[O-])c1)c1ccc(OCc2cccnc2)cc1. The standard InChI is InChI=1S/C24H22N6O4S/c1-16(18-5-8-20(9-6-18)34-14-17-4-3-11-25-13-17)27-23(31)19-7-10-22(21(12-19)30(32)33)35-24-28-26-15-29(24)2/h3-13,15-16H,14H2,1-2H3,(H,27,31). The molecule has 1 unspecified atom stereocenters. The average molecular weight is 491 g/mol. The smallest absolute Gasteiger partial charge is 0.284 e. The monoisotopic (exact) mass is 490 g/mol. The lowest BCUT2D eigenvalue weighted by molar-refractivity contribution is -0.387. The van der Waals surface area contributed by atoms with Gasteiger partial charge >= 0.3 is 0 Å². The van der Waals surface area contributed by atoms with E-state index < -0.39 is 10.8 Å². The number of ether oxygens (including phenoxy) is 1. The number of aromatic nitrogens is 4. The van der Waals surface area contributed by atoms with Gasteiger partial charge in [0.15, 0.2) is 5.16 Å². The number of hydrogen-bond acceptors (Lipinski definition) is 8. The van der Waals surface area contributed by atoms with Crippen molar-refractivity contribution in [2.24, 2.45) is 7.05 Å². The van der Waals surface area contributed by atoms with Crippen molar-refractivity contribution < 1.29 is 14.5 Å². The molecule has 10 nitrogen and oxygen atoms in total. The van der Waals surface area contributed by atoms with Crippen molar-refractivity contribution in [3.63, 3.8) is 0 Å². The van der Waals surface area contributed by atoms with Gasteiger partial charge in [0, 0.05) is 36.6 Å². The van der Waals surface area contributed by atoms with E-state index in [0.717, 1.165) is 22.9 Å². The van der Waals surface area contributed by atoms with E-state index in [4.69, 9.17) is 4.74 Å². The van der Waals surface area contributed by atoms with Crippen LogP contribution in [0.2, 0.25) is 0 Å². The van der Waals surface area contributed by atoms with Crippen LogP contribution in [-0.4, -0.2) is 30.6 Å². The molecule has 0 radical (unpaired) electrons. The molecule has 35 heavy (non-hydrogen) atoms. The Kier molecular flexibility index (Phi) is 7.36. The summed E-state index contributed by atoms with van der Waals surface area (Å²) >= 11 is 1.11. The zero-order chi connectivity index (χ0) is 24.8. The summed E-state index contributed by atoms with van der Waals surface area (Å²) in [5.74, 6) is 0.287. The normalized spacial score (nSPS) is 11.6. The van der Waals surface area contributed by atoms with E-state index in [2.05, 4.69) is 20.5 Å². The van der Waals surface area contributed by atoms with Crippen LogP contribution in [0.25, 0.3) is 0 Å². The van der Waals surface area contributed by atoms with Crippen LogP contribution in [0.4, 0.5) is 5.69 Å². The highest BCUT2D eigenvalue weighted by Gasteiger charge is 2.21. The van der Waals surface area contributed by atoms with E-state index in [1.54, 1.807) is 36.1 Å². The topological polar surface area (TPSA) is 125 Å². The van der Waals surface area contributed by atoms with E-state index in [-0.39, 0.29) is 17.3 Å². The van der Waals surface area contributed by atoms with Gasteiger partial charge in [0.1, 0.15) is 18.7 Å². The number of carbonyl (C=O) groups is 1. The minimum absolute atomic E-state index is 0.173. The quantitative estimate of drug-likeness (QED) is 0.271. The van der Waals surface area contributed by atoms with E-state index in [9.17, 15) is 14.9 Å². The van der Waals surface area contributed by atoms with Crippen LogP contribution in [0.1, 0.15) is 34.5 Å². The molecule has 1 atom stereocenters. The molecule has 0 fully saturated rings. The Morgan fingerprint density at radius 3 is 2.69 bits per heavy atom. The van der Waals surface area contributed by atoms with Crippen LogP contribution >= 0.6 is 11.8 Å². The number of amides is 1. The molecule has 0 aliphatic heterocycles. The van der Waals surface area contributed by atoms with E-state index in [1.807, 2.05) is 43.3 Å². The van der Waals surface area contributed by atoms with Crippen LogP contribution in [0, 0.1) is 10.1 Å². The molecule has 2 heterocycles. The molecule has 0 aliphatic carbocycles. The molecule has 2 aromatic heterocycles. The Morgan fingerprint density at radius 2 is 2.03 bits per heavy atom. The fourth-order valence-electron chi connectivity index (χ4n) is 3.22. The number of nitro benzene ring substituents is 1. The number of hydrogen-bond donors (Lipinski definition) is 1. The molecule has 1 amide bonds. The van der Waals surface area contributed by atoms with Crippen molar-refractivity contribution >= 4 is 23.4 Å².